The summed E-state index contributed by atoms with van der Waals surface area (Å²) in [6.07, 6.45) is 1.88. The Morgan fingerprint density at radius 3 is 2.14 bits per heavy atom. The van der Waals surface area contributed by atoms with Crippen molar-refractivity contribution in [3.63, 3.8) is 0 Å². The van der Waals surface area contributed by atoms with Crippen LogP contribution in [-0.4, -0.2) is 13.1 Å². The van der Waals surface area contributed by atoms with Crippen molar-refractivity contribution in [3.05, 3.63) is 72.9 Å². The van der Waals surface area contributed by atoms with Crippen LogP contribution in [-0.2, 0) is 0 Å². The first kappa shape index (κ1) is 16.8. The minimum atomic E-state index is -1.53. The summed E-state index contributed by atoms with van der Waals surface area (Å²) in [6, 6.07) is 23.8. The van der Waals surface area contributed by atoms with Crippen LogP contribution in [0.3, 0.4) is 0 Å². The largest absolute Gasteiger partial charge is 0.456 e. The van der Waals surface area contributed by atoms with Gasteiger partial charge in [-0.2, -0.15) is 0 Å². The fourth-order valence-corrected chi connectivity index (χ4v) is 6.15. The maximum atomic E-state index is 6.69. The van der Waals surface area contributed by atoms with E-state index in [2.05, 4.69) is 80.3 Å². The lowest BCUT2D eigenvalue weighted by atomic mass is 9.95. The first-order valence-corrected chi connectivity index (χ1v) is 13.6. The summed E-state index contributed by atoms with van der Waals surface area (Å²) in [4.78, 5) is 4.74. The number of fused-ring (bicyclic) bond motifs is 10. The number of hydrogen-bond acceptors (Lipinski definition) is 2. The molecule has 29 heavy (non-hydrogen) atoms. The number of aromatic nitrogens is 1. The molecular weight excluding hydrogens is 370 g/mol. The van der Waals surface area contributed by atoms with E-state index in [9.17, 15) is 0 Å². The van der Waals surface area contributed by atoms with Gasteiger partial charge in [-0.05, 0) is 28.1 Å². The van der Waals surface area contributed by atoms with Crippen LogP contribution in [0, 0.1) is 0 Å². The zero-order chi connectivity index (χ0) is 19.8. The highest BCUT2D eigenvalue weighted by molar-refractivity contribution is 6.90. The summed E-state index contributed by atoms with van der Waals surface area (Å²) in [5.41, 5.74) is 3.07. The van der Waals surface area contributed by atoms with E-state index in [1.54, 1.807) is 0 Å². The van der Waals surface area contributed by atoms with E-state index < -0.39 is 8.07 Å². The van der Waals surface area contributed by atoms with E-state index in [1.165, 1.54) is 37.5 Å². The standard InChI is InChI=1S/C26H21NOSi/c1-29(2,3)22-12-6-10-19-20-13-14-21-23(26(20)28-25(19)22)17-9-5-4-8-16(17)18-11-7-15-27-24(18)21/h4-15H,1-3H3. The second-order valence-corrected chi connectivity index (χ2v) is 13.9. The lowest BCUT2D eigenvalue weighted by Crippen LogP contribution is -2.37. The smallest absolute Gasteiger partial charge is 0.143 e. The van der Waals surface area contributed by atoms with Crippen molar-refractivity contribution in [1.82, 2.24) is 4.98 Å². The van der Waals surface area contributed by atoms with E-state index in [1.807, 2.05) is 12.3 Å². The van der Waals surface area contributed by atoms with E-state index in [4.69, 9.17) is 9.40 Å². The van der Waals surface area contributed by atoms with Gasteiger partial charge < -0.3 is 4.42 Å². The van der Waals surface area contributed by atoms with Gasteiger partial charge in [0.1, 0.15) is 11.2 Å². The minimum absolute atomic E-state index is 0.979. The molecule has 0 saturated heterocycles. The molecule has 2 aromatic heterocycles. The molecule has 6 rings (SSSR count). The van der Waals surface area contributed by atoms with E-state index in [0.717, 1.165) is 22.1 Å². The third-order valence-electron chi connectivity index (χ3n) is 6.02. The Kier molecular flexibility index (Phi) is 3.28. The number of rotatable bonds is 1. The molecule has 0 amide bonds. The van der Waals surface area contributed by atoms with Crippen LogP contribution >= 0.6 is 0 Å². The predicted octanol–water partition coefficient (Wildman–Crippen LogP) is 6.99. The summed E-state index contributed by atoms with van der Waals surface area (Å²) in [5, 5.41) is 9.74. The predicted molar refractivity (Wildman–Crippen MR) is 127 cm³/mol. The van der Waals surface area contributed by atoms with Gasteiger partial charge in [-0.15, -0.1) is 0 Å². The average Bonchev–Trinajstić information content (AvgIpc) is 3.11. The molecular formula is C26H21NOSi. The maximum Gasteiger partial charge on any atom is 0.143 e. The second-order valence-electron chi connectivity index (χ2n) is 8.84. The molecule has 3 heteroatoms. The lowest BCUT2D eigenvalue weighted by molar-refractivity contribution is 0.675. The molecule has 6 aromatic rings. The molecule has 4 aromatic carbocycles. The van der Waals surface area contributed by atoms with E-state index in [-0.39, 0.29) is 0 Å². The van der Waals surface area contributed by atoms with Crippen molar-refractivity contribution in [2.24, 2.45) is 0 Å². The average molecular weight is 392 g/mol. The first-order valence-electron chi connectivity index (χ1n) is 10.1. The van der Waals surface area contributed by atoms with Crippen LogP contribution in [0.2, 0.25) is 19.6 Å². The van der Waals surface area contributed by atoms with Crippen molar-refractivity contribution in [2.45, 2.75) is 19.6 Å². The Morgan fingerprint density at radius 1 is 0.621 bits per heavy atom. The van der Waals surface area contributed by atoms with Crippen LogP contribution in [0.4, 0.5) is 0 Å². The Bertz CT molecular complexity index is 1550. The molecule has 140 valence electrons. The van der Waals surface area contributed by atoms with Crippen molar-refractivity contribution >= 4 is 67.6 Å². The summed E-state index contributed by atoms with van der Waals surface area (Å²) in [5.74, 6) is 0. The number of para-hydroxylation sites is 1. The zero-order valence-corrected chi connectivity index (χ0v) is 17.8. The van der Waals surface area contributed by atoms with Gasteiger partial charge in [0.15, 0.2) is 0 Å². The fourth-order valence-electron chi connectivity index (χ4n) is 4.69. The van der Waals surface area contributed by atoms with Gasteiger partial charge in [0.25, 0.3) is 0 Å². The van der Waals surface area contributed by atoms with Crippen LogP contribution < -0.4 is 5.19 Å². The quantitative estimate of drug-likeness (QED) is 0.223. The number of pyridine rings is 1. The molecule has 0 atom stereocenters. The normalized spacial score (nSPS) is 12.7. The molecule has 0 spiro atoms. The third kappa shape index (κ3) is 2.25. The molecule has 2 heterocycles. The highest BCUT2D eigenvalue weighted by Gasteiger charge is 2.23. The molecule has 0 aliphatic heterocycles. The summed E-state index contributed by atoms with van der Waals surface area (Å²) in [6.45, 7) is 7.12. The van der Waals surface area contributed by atoms with E-state index in [0.29, 0.717) is 0 Å². The van der Waals surface area contributed by atoms with Gasteiger partial charge in [0.2, 0.25) is 0 Å². The van der Waals surface area contributed by atoms with Crippen LogP contribution in [0.25, 0.3) is 54.4 Å². The van der Waals surface area contributed by atoms with Crippen molar-refractivity contribution in [1.29, 1.82) is 0 Å². The van der Waals surface area contributed by atoms with Crippen LogP contribution in [0.5, 0.6) is 0 Å². The van der Waals surface area contributed by atoms with Crippen LogP contribution in [0.1, 0.15) is 0 Å². The van der Waals surface area contributed by atoms with E-state index >= 15 is 0 Å². The van der Waals surface area contributed by atoms with Gasteiger partial charge in [-0.1, -0.05) is 74.2 Å². The SMILES string of the molecule is C[Si](C)(C)c1cccc2c1oc1c2ccc2c3ncccc3c3ccccc3c21. The first-order chi connectivity index (χ1) is 14.0. The second kappa shape index (κ2) is 5.68. The molecule has 0 aliphatic carbocycles. The maximum absolute atomic E-state index is 6.69. The molecule has 0 radical (unpaired) electrons. The molecule has 0 N–H and O–H groups in total. The molecule has 0 fully saturated rings. The Labute approximate surface area is 169 Å². The van der Waals surface area contributed by atoms with Crippen molar-refractivity contribution < 1.29 is 4.42 Å². The van der Waals surface area contributed by atoms with Gasteiger partial charge in [-0.3, -0.25) is 4.98 Å². The van der Waals surface area contributed by atoms with Gasteiger partial charge in [-0.25, -0.2) is 0 Å². The van der Waals surface area contributed by atoms with Gasteiger partial charge in [0.05, 0.1) is 13.6 Å². The Hall–Kier alpha value is -3.17. The fraction of sp³-hybridized carbons (Fsp3) is 0.115. The minimum Gasteiger partial charge on any atom is -0.456 e. The number of benzene rings is 4. The van der Waals surface area contributed by atoms with Gasteiger partial charge in [0, 0.05) is 33.1 Å². The zero-order valence-electron chi connectivity index (χ0n) is 16.8. The molecule has 0 aliphatic rings. The summed E-state index contributed by atoms with van der Waals surface area (Å²) < 4.78 is 6.69. The van der Waals surface area contributed by atoms with Crippen molar-refractivity contribution in [2.75, 3.05) is 0 Å². The summed E-state index contributed by atoms with van der Waals surface area (Å²) >= 11 is 0. The lowest BCUT2D eigenvalue weighted by Gasteiger charge is -2.16. The van der Waals surface area contributed by atoms with Crippen LogP contribution in [0.15, 0.2) is 77.3 Å². The Balaban J connectivity index is 1.92. The molecule has 0 saturated carbocycles. The monoisotopic (exact) mass is 391 g/mol. The third-order valence-corrected chi connectivity index (χ3v) is 8.03. The topological polar surface area (TPSA) is 26.0 Å². The molecule has 2 nitrogen and oxygen atoms in total. The number of nitrogens with zero attached hydrogens (tertiary/aromatic N) is 1. The van der Waals surface area contributed by atoms with Gasteiger partial charge >= 0.3 is 0 Å². The molecule has 0 bridgehead atoms. The highest BCUT2D eigenvalue weighted by Crippen LogP contribution is 2.40. The number of furan rings is 1. The summed E-state index contributed by atoms with van der Waals surface area (Å²) in [7, 11) is -1.53. The highest BCUT2D eigenvalue weighted by atomic mass is 28.3. The Morgan fingerprint density at radius 2 is 1.31 bits per heavy atom. The van der Waals surface area contributed by atoms with Crippen molar-refractivity contribution in [3.8, 4) is 0 Å². The molecule has 0 unspecified atom stereocenters. The number of hydrogen-bond donors (Lipinski definition) is 0.